The van der Waals surface area contributed by atoms with Crippen molar-refractivity contribution in [2.45, 2.75) is 0 Å². The summed E-state index contributed by atoms with van der Waals surface area (Å²) in [5.41, 5.74) is 0.117. The first kappa shape index (κ1) is 10.5. The lowest BCUT2D eigenvalue weighted by Gasteiger charge is -2.06. The number of ether oxygens (including phenoxy) is 1. The van der Waals surface area contributed by atoms with Gasteiger partial charge in [0.15, 0.2) is 11.6 Å². The number of hydrogen-bond acceptors (Lipinski definition) is 2. The van der Waals surface area contributed by atoms with Crippen molar-refractivity contribution in [3.05, 3.63) is 34.2 Å². The van der Waals surface area contributed by atoms with Crippen LogP contribution in [0.2, 0.25) is 10.2 Å². The Hall–Kier alpha value is -1.06. The fourth-order valence-corrected chi connectivity index (χ4v) is 1.83. The van der Waals surface area contributed by atoms with Crippen molar-refractivity contribution in [1.82, 2.24) is 4.98 Å². The Kier molecular flexibility index (Phi) is 2.67. The van der Waals surface area contributed by atoms with Gasteiger partial charge in [-0.15, -0.1) is 0 Å². The zero-order chi connectivity index (χ0) is 11.0. The average Bonchev–Trinajstić information content (AvgIpc) is 2.19. The second-order valence-corrected chi connectivity index (χ2v) is 3.70. The number of benzene rings is 1. The first-order valence-electron chi connectivity index (χ1n) is 4.11. The molecule has 0 aliphatic rings. The van der Waals surface area contributed by atoms with E-state index in [-0.39, 0.29) is 16.4 Å². The summed E-state index contributed by atoms with van der Waals surface area (Å²) < 4.78 is 18.6. The predicted octanol–water partition coefficient (Wildman–Crippen LogP) is 3.69. The number of rotatable bonds is 1. The van der Waals surface area contributed by atoms with Gasteiger partial charge in [-0.25, -0.2) is 9.37 Å². The van der Waals surface area contributed by atoms with Crippen LogP contribution in [-0.4, -0.2) is 12.1 Å². The van der Waals surface area contributed by atoms with E-state index in [1.165, 1.54) is 19.2 Å². The molecule has 0 unspecified atom stereocenters. The topological polar surface area (TPSA) is 22.1 Å². The Labute approximate surface area is 95.6 Å². The van der Waals surface area contributed by atoms with Gasteiger partial charge in [0, 0.05) is 5.39 Å². The third kappa shape index (κ3) is 1.73. The smallest absolute Gasteiger partial charge is 0.191 e. The Morgan fingerprint density at radius 3 is 2.73 bits per heavy atom. The normalized spacial score (nSPS) is 10.7. The minimum atomic E-state index is -0.556. The lowest BCUT2D eigenvalue weighted by atomic mass is 10.2. The molecule has 0 bridgehead atoms. The van der Waals surface area contributed by atoms with Crippen molar-refractivity contribution in [1.29, 1.82) is 0 Å². The monoisotopic (exact) mass is 245 g/mol. The molecule has 0 radical (unpaired) electrons. The molecule has 0 spiro atoms. The Bertz CT molecular complexity index is 530. The maximum absolute atomic E-state index is 13.7. The maximum Gasteiger partial charge on any atom is 0.191 e. The van der Waals surface area contributed by atoms with E-state index in [1.807, 2.05) is 0 Å². The Morgan fingerprint density at radius 1 is 1.33 bits per heavy atom. The summed E-state index contributed by atoms with van der Waals surface area (Å²) in [5, 5.41) is 1.03. The average molecular weight is 246 g/mol. The van der Waals surface area contributed by atoms with Gasteiger partial charge < -0.3 is 4.74 Å². The quantitative estimate of drug-likeness (QED) is 0.716. The van der Waals surface area contributed by atoms with Crippen molar-refractivity contribution in [2.75, 3.05) is 7.11 Å². The molecule has 0 saturated heterocycles. The van der Waals surface area contributed by atoms with Gasteiger partial charge in [-0.3, -0.25) is 0 Å². The number of nitrogens with zero attached hydrogens (tertiary/aromatic N) is 1. The molecule has 0 N–H and O–H groups in total. The summed E-state index contributed by atoms with van der Waals surface area (Å²) in [7, 11) is 1.39. The summed E-state index contributed by atoms with van der Waals surface area (Å²) in [6.45, 7) is 0. The maximum atomic E-state index is 13.7. The molecule has 0 aliphatic carbocycles. The summed E-state index contributed by atoms with van der Waals surface area (Å²) in [4.78, 5) is 3.87. The fourth-order valence-electron chi connectivity index (χ4n) is 1.33. The lowest BCUT2D eigenvalue weighted by Crippen LogP contribution is -1.92. The van der Waals surface area contributed by atoms with Gasteiger partial charge >= 0.3 is 0 Å². The van der Waals surface area contributed by atoms with Gasteiger partial charge in [0.05, 0.1) is 12.1 Å². The van der Waals surface area contributed by atoms with Crippen molar-refractivity contribution in [3.63, 3.8) is 0 Å². The molecular formula is C10H6Cl2FNO. The molecule has 0 atom stereocenters. The van der Waals surface area contributed by atoms with Gasteiger partial charge in [-0.1, -0.05) is 23.2 Å². The number of halogens is 3. The lowest BCUT2D eigenvalue weighted by molar-refractivity contribution is 0.388. The molecule has 0 fully saturated rings. The van der Waals surface area contributed by atoms with E-state index in [0.29, 0.717) is 10.4 Å². The second-order valence-electron chi connectivity index (χ2n) is 2.90. The summed E-state index contributed by atoms with van der Waals surface area (Å²) in [6.07, 6.45) is 0. The van der Waals surface area contributed by atoms with Gasteiger partial charge in [0.2, 0.25) is 0 Å². The number of methoxy groups -OCH3 is 1. The largest absolute Gasteiger partial charge is 0.494 e. The molecule has 1 heterocycles. The highest BCUT2D eigenvalue weighted by atomic mass is 35.5. The van der Waals surface area contributed by atoms with Crippen molar-refractivity contribution in [3.8, 4) is 5.75 Å². The molecule has 1 aromatic carbocycles. The molecule has 0 amide bonds. The van der Waals surface area contributed by atoms with E-state index in [9.17, 15) is 4.39 Å². The number of hydrogen-bond donors (Lipinski definition) is 0. The van der Waals surface area contributed by atoms with Crippen LogP contribution in [0.3, 0.4) is 0 Å². The Morgan fingerprint density at radius 2 is 2.07 bits per heavy atom. The van der Waals surface area contributed by atoms with Crippen LogP contribution in [0.4, 0.5) is 4.39 Å². The molecule has 15 heavy (non-hydrogen) atoms. The number of aromatic nitrogens is 1. The SMILES string of the molecule is COc1ccc2c(Cl)cc(Cl)nc2c1F. The molecule has 2 nitrogen and oxygen atoms in total. The third-order valence-corrected chi connectivity index (χ3v) is 2.53. The van der Waals surface area contributed by atoms with Crippen LogP contribution in [0.25, 0.3) is 10.9 Å². The molecule has 1 aromatic heterocycles. The first-order valence-corrected chi connectivity index (χ1v) is 4.87. The van der Waals surface area contributed by atoms with Crippen LogP contribution in [0, 0.1) is 5.82 Å². The van der Waals surface area contributed by atoms with E-state index in [0.717, 1.165) is 0 Å². The zero-order valence-electron chi connectivity index (χ0n) is 7.72. The summed E-state index contributed by atoms with van der Waals surface area (Å²) in [5.74, 6) is -0.437. The van der Waals surface area contributed by atoms with Crippen LogP contribution < -0.4 is 4.74 Å². The first-order chi connectivity index (χ1) is 7.13. The van der Waals surface area contributed by atoms with Gasteiger partial charge in [0.25, 0.3) is 0 Å². The van der Waals surface area contributed by atoms with Gasteiger partial charge in [-0.2, -0.15) is 0 Å². The minimum Gasteiger partial charge on any atom is -0.494 e. The van der Waals surface area contributed by atoms with Gasteiger partial charge in [0.1, 0.15) is 10.7 Å². The van der Waals surface area contributed by atoms with E-state index in [2.05, 4.69) is 4.98 Å². The van der Waals surface area contributed by atoms with Crippen molar-refractivity contribution in [2.24, 2.45) is 0 Å². The molecule has 0 aliphatic heterocycles. The second kappa shape index (κ2) is 3.83. The van der Waals surface area contributed by atoms with E-state index >= 15 is 0 Å². The third-order valence-electron chi connectivity index (χ3n) is 2.02. The number of fused-ring (bicyclic) bond motifs is 1. The molecular weight excluding hydrogens is 240 g/mol. The predicted molar refractivity (Wildman–Crippen MR) is 58.3 cm³/mol. The van der Waals surface area contributed by atoms with Crippen LogP contribution in [-0.2, 0) is 0 Å². The fraction of sp³-hybridized carbons (Fsp3) is 0.100. The molecule has 0 saturated carbocycles. The summed E-state index contributed by atoms with van der Waals surface area (Å²) in [6, 6.07) is 4.61. The van der Waals surface area contributed by atoms with Crippen LogP contribution in [0.1, 0.15) is 0 Å². The standard InChI is InChI=1S/C10H6Cl2FNO/c1-15-7-3-2-5-6(11)4-8(12)14-10(5)9(7)13/h2-4H,1H3. The molecule has 78 valence electrons. The molecule has 5 heteroatoms. The van der Waals surface area contributed by atoms with Crippen LogP contribution >= 0.6 is 23.2 Å². The minimum absolute atomic E-state index is 0.117. The van der Waals surface area contributed by atoms with Crippen LogP contribution in [0.15, 0.2) is 18.2 Å². The highest BCUT2D eigenvalue weighted by molar-refractivity contribution is 6.37. The number of pyridine rings is 1. The highest BCUT2D eigenvalue weighted by Gasteiger charge is 2.12. The van der Waals surface area contributed by atoms with E-state index in [1.54, 1.807) is 6.07 Å². The van der Waals surface area contributed by atoms with Crippen molar-refractivity contribution < 1.29 is 9.13 Å². The van der Waals surface area contributed by atoms with Gasteiger partial charge in [-0.05, 0) is 18.2 Å². The zero-order valence-corrected chi connectivity index (χ0v) is 9.23. The Balaban J connectivity index is 2.86. The summed E-state index contributed by atoms with van der Waals surface area (Å²) >= 11 is 11.6. The molecule has 2 aromatic rings. The van der Waals surface area contributed by atoms with E-state index in [4.69, 9.17) is 27.9 Å². The molecule has 2 rings (SSSR count). The van der Waals surface area contributed by atoms with E-state index < -0.39 is 5.82 Å². The van der Waals surface area contributed by atoms with Crippen LogP contribution in [0.5, 0.6) is 5.75 Å². The van der Waals surface area contributed by atoms with Crippen molar-refractivity contribution >= 4 is 34.1 Å². The highest BCUT2D eigenvalue weighted by Crippen LogP contribution is 2.30.